The lowest BCUT2D eigenvalue weighted by Gasteiger charge is -2.24. The predicted octanol–water partition coefficient (Wildman–Crippen LogP) is 3.50. The Labute approximate surface area is 114 Å². The summed E-state index contributed by atoms with van der Waals surface area (Å²) in [5.74, 6) is 1.20. The van der Waals surface area contributed by atoms with Crippen LogP contribution in [0.15, 0.2) is 18.2 Å². The van der Waals surface area contributed by atoms with Gasteiger partial charge in [0.25, 0.3) is 0 Å². The number of hydrogen-bond donors (Lipinski definition) is 1. The van der Waals surface area contributed by atoms with Crippen LogP contribution in [0.2, 0.25) is 5.02 Å². The molecule has 1 aromatic carbocycles. The number of halogens is 1. The van der Waals surface area contributed by atoms with E-state index in [0.717, 1.165) is 12.2 Å². The van der Waals surface area contributed by atoms with Gasteiger partial charge in [-0.1, -0.05) is 11.6 Å². The normalized spacial score (nSPS) is 13.0. The molecule has 0 heterocycles. The Balaban J connectivity index is 2.57. The molecule has 1 aromatic rings. The molecular formula is C13H21ClN2S. The van der Waals surface area contributed by atoms with Gasteiger partial charge in [-0.05, 0) is 56.2 Å². The maximum Gasteiger partial charge on any atom is 0.0429 e. The van der Waals surface area contributed by atoms with Gasteiger partial charge in [-0.3, -0.25) is 4.90 Å². The highest BCUT2D eigenvalue weighted by atomic mass is 35.5. The Morgan fingerprint density at radius 3 is 2.71 bits per heavy atom. The molecule has 96 valence electrons. The molecule has 1 atom stereocenters. The van der Waals surface area contributed by atoms with E-state index in [2.05, 4.69) is 25.1 Å². The van der Waals surface area contributed by atoms with Gasteiger partial charge in [-0.25, -0.2) is 0 Å². The fraction of sp³-hybridized carbons (Fsp3) is 0.538. The standard InChI is InChI=1S/C13H21ClN2S/c1-10(4-5-17-3)16(2)9-11-6-12(14)8-13(15)7-11/h6-8,10H,4-5,9,15H2,1-3H3. The third-order valence-corrected chi connectivity index (χ3v) is 3.77. The Morgan fingerprint density at radius 1 is 1.41 bits per heavy atom. The highest BCUT2D eigenvalue weighted by Crippen LogP contribution is 2.18. The lowest BCUT2D eigenvalue weighted by molar-refractivity contribution is 0.245. The second kappa shape index (κ2) is 7.14. The molecule has 0 aromatic heterocycles. The maximum absolute atomic E-state index is 5.99. The minimum absolute atomic E-state index is 0.572. The topological polar surface area (TPSA) is 29.3 Å². The molecule has 0 aliphatic heterocycles. The number of nitrogens with two attached hydrogens (primary N) is 1. The van der Waals surface area contributed by atoms with Crippen LogP contribution >= 0.6 is 23.4 Å². The van der Waals surface area contributed by atoms with Gasteiger partial charge < -0.3 is 5.73 Å². The highest BCUT2D eigenvalue weighted by Gasteiger charge is 2.09. The quantitative estimate of drug-likeness (QED) is 0.804. The number of anilines is 1. The van der Waals surface area contributed by atoms with Gasteiger partial charge in [0, 0.05) is 23.3 Å². The number of rotatable bonds is 6. The van der Waals surface area contributed by atoms with Crippen molar-refractivity contribution in [3.63, 3.8) is 0 Å². The van der Waals surface area contributed by atoms with Crippen molar-refractivity contribution < 1.29 is 0 Å². The van der Waals surface area contributed by atoms with Crippen LogP contribution < -0.4 is 5.73 Å². The molecular weight excluding hydrogens is 252 g/mol. The molecule has 2 nitrogen and oxygen atoms in total. The first kappa shape index (κ1) is 14.7. The third kappa shape index (κ3) is 5.19. The first-order chi connectivity index (χ1) is 8.02. The van der Waals surface area contributed by atoms with Gasteiger partial charge in [0.1, 0.15) is 0 Å². The smallest absolute Gasteiger partial charge is 0.0429 e. The SMILES string of the molecule is CSCCC(C)N(C)Cc1cc(N)cc(Cl)c1. The van der Waals surface area contributed by atoms with Gasteiger partial charge in [0.05, 0.1) is 0 Å². The van der Waals surface area contributed by atoms with E-state index in [0.29, 0.717) is 11.1 Å². The van der Waals surface area contributed by atoms with Crippen LogP contribution in [0.5, 0.6) is 0 Å². The zero-order chi connectivity index (χ0) is 12.8. The van der Waals surface area contributed by atoms with Crippen molar-refractivity contribution in [2.24, 2.45) is 0 Å². The van der Waals surface area contributed by atoms with Crippen molar-refractivity contribution in [3.05, 3.63) is 28.8 Å². The van der Waals surface area contributed by atoms with Gasteiger partial charge in [-0.15, -0.1) is 0 Å². The number of nitrogen functional groups attached to an aromatic ring is 1. The van der Waals surface area contributed by atoms with Crippen LogP contribution in [-0.4, -0.2) is 30.0 Å². The van der Waals surface area contributed by atoms with E-state index in [9.17, 15) is 0 Å². The van der Waals surface area contributed by atoms with Gasteiger partial charge in [-0.2, -0.15) is 11.8 Å². The van der Waals surface area contributed by atoms with E-state index >= 15 is 0 Å². The Hall–Kier alpha value is -0.380. The van der Waals surface area contributed by atoms with Crippen LogP contribution in [0.25, 0.3) is 0 Å². The van der Waals surface area contributed by atoms with Crippen LogP contribution in [0, 0.1) is 0 Å². The maximum atomic E-state index is 5.99. The monoisotopic (exact) mass is 272 g/mol. The Morgan fingerprint density at radius 2 is 2.12 bits per heavy atom. The molecule has 0 bridgehead atoms. The van der Waals surface area contributed by atoms with Crippen molar-refractivity contribution in [2.45, 2.75) is 25.9 Å². The number of benzene rings is 1. The zero-order valence-electron chi connectivity index (χ0n) is 10.7. The molecule has 2 N–H and O–H groups in total. The molecule has 0 aliphatic rings. The first-order valence-electron chi connectivity index (χ1n) is 5.77. The second-order valence-corrected chi connectivity index (χ2v) is 5.86. The lowest BCUT2D eigenvalue weighted by Crippen LogP contribution is -2.29. The average Bonchev–Trinajstić information content (AvgIpc) is 2.24. The summed E-state index contributed by atoms with van der Waals surface area (Å²) in [6.45, 7) is 3.14. The predicted molar refractivity (Wildman–Crippen MR) is 79.8 cm³/mol. The van der Waals surface area contributed by atoms with E-state index in [1.807, 2.05) is 23.9 Å². The van der Waals surface area contributed by atoms with Crippen molar-refractivity contribution in [3.8, 4) is 0 Å². The van der Waals surface area contributed by atoms with Crippen molar-refractivity contribution >= 4 is 29.1 Å². The fourth-order valence-electron chi connectivity index (χ4n) is 1.72. The van der Waals surface area contributed by atoms with Gasteiger partial charge >= 0.3 is 0 Å². The summed E-state index contributed by atoms with van der Waals surface area (Å²) >= 11 is 7.89. The van der Waals surface area contributed by atoms with E-state index in [1.165, 1.54) is 17.7 Å². The molecule has 0 radical (unpaired) electrons. The van der Waals surface area contributed by atoms with E-state index in [1.54, 1.807) is 6.07 Å². The minimum atomic E-state index is 0.572. The van der Waals surface area contributed by atoms with E-state index in [-0.39, 0.29) is 0 Å². The number of thioether (sulfide) groups is 1. The summed E-state index contributed by atoms with van der Waals surface area (Å²) in [6.07, 6.45) is 3.35. The van der Waals surface area contributed by atoms with Crippen molar-refractivity contribution in [2.75, 3.05) is 24.8 Å². The summed E-state index contributed by atoms with van der Waals surface area (Å²) in [6, 6.07) is 6.32. The molecule has 1 unspecified atom stereocenters. The van der Waals surface area contributed by atoms with Crippen molar-refractivity contribution in [1.29, 1.82) is 0 Å². The number of hydrogen-bond acceptors (Lipinski definition) is 3. The van der Waals surface area contributed by atoms with Crippen LogP contribution in [0.3, 0.4) is 0 Å². The molecule has 0 fully saturated rings. The van der Waals surface area contributed by atoms with Gasteiger partial charge in [0.15, 0.2) is 0 Å². The summed E-state index contributed by atoms with van der Waals surface area (Å²) in [5.41, 5.74) is 7.69. The number of nitrogens with zero attached hydrogens (tertiary/aromatic N) is 1. The molecule has 1 rings (SSSR count). The van der Waals surface area contributed by atoms with Crippen LogP contribution in [-0.2, 0) is 6.54 Å². The lowest BCUT2D eigenvalue weighted by atomic mass is 10.1. The molecule has 17 heavy (non-hydrogen) atoms. The fourth-order valence-corrected chi connectivity index (χ4v) is 2.56. The van der Waals surface area contributed by atoms with Crippen LogP contribution in [0.1, 0.15) is 18.9 Å². The third-order valence-electron chi connectivity index (χ3n) is 2.90. The summed E-state index contributed by atoms with van der Waals surface area (Å²) < 4.78 is 0. The summed E-state index contributed by atoms with van der Waals surface area (Å²) in [7, 11) is 2.14. The molecule has 0 saturated heterocycles. The molecule has 0 saturated carbocycles. The van der Waals surface area contributed by atoms with E-state index in [4.69, 9.17) is 17.3 Å². The van der Waals surface area contributed by atoms with Gasteiger partial charge in [0.2, 0.25) is 0 Å². The molecule has 0 spiro atoms. The largest absolute Gasteiger partial charge is 0.399 e. The molecule has 0 amide bonds. The highest BCUT2D eigenvalue weighted by molar-refractivity contribution is 7.98. The minimum Gasteiger partial charge on any atom is -0.399 e. The first-order valence-corrected chi connectivity index (χ1v) is 7.54. The molecule has 0 aliphatic carbocycles. The van der Waals surface area contributed by atoms with Crippen LogP contribution in [0.4, 0.5) is 5.69 Å². The second-order valence-electron chi connectivity index (χ2n) is 4.44. The van der Waals surface area contributed by atoms with Crippen molar-refractivity contribution in [1.82, 2.24) is 4.90 Å². The average molecular weight is 273 g/mol. The zero-order valence-corrected chi connectivity index (χ0v) is 12.3. The Kier molecular flexibility index (Phi) is 6.17. The summed E-state index contributed by atoms with van der Waals surface area (Å²) in [4.78, 5) is 2.33. The van der Waals surface area contributed by atoms with E-state index < -0.39 is 0 Å². The summed E-state index contributed by atoms with van der Waals surface area (Å²) in [5, 5.41) is 0.713. The molecule has 4 heteroatoms. The Bertz CT molecular complexity index is 337.